The van der Waals surface area contributed by atoms with E-state index in [0.717, 1.165) is 18.8 Å². The number of nitrogens with zero attached hydrogens (tertiary/aromatic N) is 2. The molecule has 1 aromatic heterocycles. The predicted octanol–water partition coefficient (Wildman–Crippen LogP) is 1.01. The molecule has 4 heteroatoms. The molecule has 1 aliphatic rings. The van der Waals surface area contributed by atoms with Gasteiger partial charge in [0.15, 0.2) is 0 Å². The fourth-order valence-corrected chi connectivity index (χ4v) is 2.07. The molecule has 2 rings (SSSR count). The Balaban J connectivity index is 1.98. The van der Waals surface area contributed by atoms with E-state index in [4.69, 9.17) is 10.8 Å². The van der Waals surface area contributed by atoms with Gasteiger partial charge in [0.05, 0.1) is 12.3 Å². The second-order valence-electron chi connectivity index (χ2n) is 4.33. The molecular formula is C12H19N3O. The minimum Gasteiger partial charge on any atom is -0.395 e. The van der Waals surface area contributed by atoms with E-state index in [1.54, 1.807) is 6.07 Å². The van der Waals surface area contributed by atoms with Gasteiger partial charge in [0.2, 0.25) is 0 Å². The molecule has 0 aliphatic heterocycles. The van der Waals surface area contributed by atoms with Crippen LogP contribution >= 0.6 is 0 Å². The molecule has 0 amide bonds. The van der Waals surface area contributed by atoms with E-state index >= 15 is 0 Å². The lowest BCUT2D eigenvalue weighted by atomic mass is 9.91. The van der Waals surface area contributed by atoms with Crippen molar-refractivity contribution < 1.29 is 5.11 Å². The van der Waals surface area contributed by atoms with Gasteiger partial charge in [-0.1, -0.05) is 12.5 Å². The maximum absolute atomic E-state index is 9.05. The fourth-order valence-electron chi connectivity index (χ4n) is 2.07. The van der Waals surface area contributed by atoms with E-state index in [9.17, 15) is 0 Å². The third kappa shape index (κ3) is 2.71. The summed E-state index contributed by atoms with van der Waals surface area (Å²) in [5.74, 6) is 0.565. The number of pyridine rings is 1. The van der Waals surface area contributed by atoms with E-state index < -0.39 is 0 Å². The SMILES string of the molecule is Nc1cccc(CN(CCO)C2CCC2)n1. The Hall–Kier alpha value is -1.13. The number of anilines is 1. The summed E-state index contributed by atoms with van der Waals surface area (Å²) in [7, 11) is 0. The number of aliphatic hydroxyl groups excluding tert-OH is 1. The van der Waals surface area contributed by atoms with Crippen LogP contribution in [-0.2, 0) is 6.54 Å². The Kier molecular flexibility index (Phi) is 3.74. The number of aliphatic hydroxyl groups is 1. The summed E-state index contributed by atoms with van der Waals surface area (Å²) in [6.07, 6.45) is 3.78. The minimum absolute atomic E-state index is 0.207. The molecule has 0 unspecified atom stereocenters. The molecule has 1 aromatic rings. The van der Waals surface area contributed by atoms with Gasteiger partial charge in [-0.05, 0) is 25.0 Å². The van der Waals surface area contributed by atoms with Crippen LogP contribution in [0.25, 0.3) is 0 Å². The van der Waals surface area contributed by atoms with Gasteiger partial charge in [-0.3, -0.25) is 4.90 Å². The first-order valence-electron chi connectivity index (χ1n) is 5.86. The summed E-state index contributed by atoms with van der Waals surface area (Å²) < 4.78 is 0. The number of hydrogen-bond donors (Lipinski definition) is 2. The van der Waals surface area contributed by atoms with Crippen molar-refractivity contribution in [2.45, 2.75) is 31.8 Å². The summed E-state index contributed by atoms with van der Waals surface area (Å²) in [6.45, 7) is 1.72. The highest BCUT2D eigenvalue weighted by Crippen LogP contribution is 2.25. The van der Waals surface area contributed by atoms with Gasteiger partial charge in [-0.25, -0.2) is 4.98 Å². The molecule has 4 nitrogen and oxygen atoms in total. The van der Waals surface area contributed by atoms with E-state index in [2.05, 4.69) is 9.88 Å². The molecule has 1 fully saturated rings. The van der Waals surface area contributed by atoms with Gasteiger partial charge < -0.3 is 10.8 Å². The van der Waals surface area contributed by atoms with Crippen molar-refractivity contribution >= 4 is 5.82 Å². The normalized spacial score (nSPS) is 16.4. The zero-order chi connectivity index (χ0) is 11.4. The van der Waals surface area contributed by atoms with Crippen LogP contribution in [0.15, 0.2) is 18.2 Å². The molecule has 0 atom stereocenters. The van der Waals surface area contributed by atoms with Crippen LogP contribution in [-0.4, -0.2) is 34.2 Å². The zero-order valence-electron chi connectivity index (χ0n) is 9.47. The van der Waals surface area contributed by atoms with Gasteiger partial charge in [-0.15, -0.1) is 0 Å². The molecule has 16 heavy (non-hydrogen) atoms. The monoisotopic (exact) mass is 221 g/mol. The summed E-state index contributed by atoms with van der Waals surface area (Å²) in [5.41, 5.74) is 6.64. The molecular weight excluding hydrogens is 202 g/mol. The molecule has 0 bridgehead atoms. The van der Waals surface area contributed by atoms with Gasteiger partial charge in [0.25, 0.3) is 0 Å². The van der Waals surface area contributed by atoms with E-state index in [0.29, 0.717) is 11.9 Å². The smallest absolute Gasteiger partial charge is 0.123 e. The summed E-state index contributed by atoms with van der Waals surface area (Å²) in [5, 5.41) is 9.05. The van der Waals surface area contributed by atoms with Crippen LogP contribution in [0.1, 0.15) is 25.0 Å². The van der Waals surface area contributed by atoms with Gasteiger partial charge in [-0.2, -0.15) is 0 Å². The van der Waals surface area contributed by atoms with Crippen molar-refractivity contribution in [2.75, 3.05) is 18.9 Å². The Morgan fingerprint density at radius 3 is 2.81 bits per heavy atom. The largest absolute Gasteiger partial charge is 0.395 e. The first kappa shape index (κ1) is 11.4. The van der Waals surface area contributed by atoms with Crippen molar-refractivity contribution in [2.24, 2.45) is 0 Å². The molecule has 0 spiro atoms. The highest BCUT2D eigenvalue weighted by molar-refractivity contribution is 5.28. The predicted molar refractivity (Wildman–Crippen MR) is 63.8 cm³/mol. The van der Waals surface area contributed by atoms with Crippen LogP contribution in [0.4, 0.5) is 5.82 Å². The third-order valence-corrected chi connectivity index (χ3v) is 3.17. The first-order valence-corrected chi connectivity index (χ1v) is 5.86. The molecule has 0 saturated heterocycles. The molecule has 1 heterocycles. The number of nitrogen functional groups attached to an aromatic ring is 1. The first-order chi connectivity index (χ1) is 7.79. The number of hydrogen-bond acceptors (Lipinski definition) is 4. The van der Waals surface area contributed by atoms with Crippen LogP contribution in [0.5, 0.6) is 0 Å². The number of rotatable bonds is 5. The average Bonchev–Trinajstić information content (AvgIpc) is 2.15. The summed E-state index contributed by atoms with van der Waals surface area (Å²) >= 11 is 0. The quantitative estimate of drug-likeness (QED) is 0.779. The molecule has 0 radical (unpaired) electrons. The van der Waals surface area contributed by atoms with E-state index in [1.165, 1.54) is 19.3 Å². The van der Waals surface area contributed by atoms with Crippen LogP contribution < -0.4 is 5.73 Å². The van der Waals surface area contributed by atoms with Gasteiger partial charge >= 0.3 is 0 Å². The Bertz CT molecular complexity index is 339. The summed E-state index contributed by atoms with van der Waals surface area (Å²) in [4.78, 5) is 6.59. The number of nitrogens with two attached hydrogens (primary N) is 1. The van der Waals surface area contributed by atoms with Crippen LogP contribution in [0.3, 0.4) is 0 Å². The van der Waals surface area contributed by atoms with Crippen molar-refractivity contribution in [1.82, 2.24) is 9.88 Å². The number of aromatic nitrogens is 1. The standard InChI is InChI=1S/C12H19N3O/c13-12-6-1-3-10(14-12)9-15(7-8-16)11-4-2-5-11/h1,3,6,11,16H,2,4-5,7-9H2,(H2,13,14). The molecule has 88 valence electrons. The Morgan fingerprint density at radius 1 is 1.44 bits per heavy atom. The van der Waals surface area contributed by atoms with Gasteiger partial charge in [0.1, 0.15) is 5.82 Å². The van der Waals surface area contributed by atoms with E-state index in [-0.39, 0.29) is 6.61 Å². The minimum atomic E-state index is 0.207. The second kappa shape index (κ2) is 5.27. The average molecular weight is 221 g/mol. The fraction of sp³-hybridized carbons (Fsp3) is 0.583. The molecule has 0 aromatic carbocycles. The van der Waals surface area contributed by atoms with Crippen molar-refractivity contribution in [3.8, 4) is 0 Å². The van der Waals surface area contributed by atoms with Crippen LogP contribution in [0.2, 0.25) is 0 Å². The van der Waals surface area contributed by atoms with E-state index in [1.807, 2.05) is 12.1 Å². The topological polar surface area (TPSA) is 62.4 Å². The lowest BCUT2D eigenvalue weighted by molar-refractivity contribution is 0.0934. The van der Waals surface area contributed by atoms with Crippen molar-refractivity contribution in [3.05, 3.63) is 23.9 Å². The lowest BCUT2D eigenvalue weighted by Gasteiger charge is -2.37. The zero-order valence-corrected chi connectivity index (χ0v) is 9.47. The highest BCUT2D eigenvalue weighted by Gasteiger charge is 2.24. The Labute approximate surface area is 96.1 Å². The van der Waals surface area contributed by atoms with Crippen LogP contribution in [0, 0.1) is 0 Å². The lowest BCUT2D eigenvalue weighted by Crippen LogP contribution is -2.41. The second-order valence-corrected chi connectivity index (χ2v) is 4.33. The molecule has 1 saturated carbocycles. The molecule has 1 aliphatic carbocycles. The molecule has 3 N–H and O–H groups in total. The maximum Gasteiger partial charge on any atom is 0.123 e. The van der Waals surface area contributed by atoms with Crippen molar-refractivity contribution in [1.29, 1.82) is 0 Å². The Morgan fingerprint density at radius 2 is 2.25 bits per heavy atom. The highest BCUT2D eigenvalue weighted by atomic mass is 16.3. The van der Waals surface area contributed by atoms with Gasteiger partial charge in [0, 0.05) is 19.1 Å². The maximum atomic E-state index is 9.05. The van der Waals surface area contributed by atoms with Crippen molar-refractivity contribution in [3.63, 3.8) is 0 Å². The summed E-state index contributed by atoms with van der Waals surface area (Å²) in [6, 6.07) is 6.33. The third-order valence-electron chi connectivity index (χ3n) is 3.17.